The van der Waals surface area contributed by atoms with Crippen molar-refractivity contribution >= 4 is 0 Å². The standard InChI is InChI=1S/C17H26O2/c1-6-9-18-17-10-11(2)15(12(3)13(17)4)7-8-16-14(5)19-16/h10,14,16H,6-9H2,1-5H3. The Hall–Kier alpha value is -1.02. The van der Waals surface area contributed by atoms with E-state index in [1.54, 1.807) is 0 Å². The highest BCUT2D eigenvalue weighted by molar-refractivity contribution is 5.48. The van der Waals surface area contributed by atoms with Gasteiger partial charge in [-0.05, 0) is 75.3 Å². The first-order chi connectivity index (χ1) is 9.04. The Labute approximate surface area is 117 Å². The van der Waals surface area contributed by atoms with E-state index in [9.17, 15) is 0 Å². The van der Waals surface area contributed by atoms with Crippen LogP contribution in [0.2, 0.25) is 0 Å². The van der Waals surface area contributed by atoms with Crippen LogP contribution in [0.1, 0.15) is 48.9 Å². The van der Waals surface area contributed by atoms with Gasteiger partial charge in [0.2, 0.25) is 0 Å². The molecule has 0 radical (unpaired) electrons. The van der Waals surface area contributed by atoms with Gasteiger partial charge in [0.1, 0.15) is 5.75 Å². The van der Waals surface area contributed by atoms with Crippen molar-refractivity contribution in [3.05, 3.63) is 28.3 Å². The summed E-state index contributed by atoms with van der Waals surface area (Å²) in [6.45, 7) is 11.7. The Bertz CT molecular complexity index is 451. The molecule has 0 amide bonds. The van der Waals surface area contributed by atoms with Gasteiger partial charge in [-0.25, -0.2) is 0 Å². The van der Waals surface area contributed by atoms with E-state index < -0.39 is 0 Å². The number of hydrogen-bond acceptors (Lipinski definition) is 2. The summed E-state index contributed by atoms with van der Waals surface area (Å²) in [5.41, 5.74) is 5.50. The van der Waals surface area contributed by atoms with Gasteiger partial charge in [-0.2, -0.15) is 0 Å². The molecule has 2 atom stereocenters. The minimum atomic E-state index is 0.467. The predicted octanol–water partition coefficient (Wildman–Crippen LogP) is 4.12. The average Bonchev–Trinajstić information content (AvgIpc) is 3.08. The molecule has 2 nitrogen and oxygen atoms in total. The Kier molecular flexibility index (Phi) is 4.51. The summed E-state index contributed by atoms with van der Waals surface area (Å²) < 4.78 is 11.3. The molecule has 1 aliphatic rings. The molecule has 0 aliphatic carbocycles. The number of epoxide rings is 1. The van der Waals surface area contributed by atoms with E-state index in [1.807, 2.05) is 0 Å². The minimum Gasteiger partial charge on any atom is -0.493 e. The number of hydrogen-bond donors (Lipinski definition) is 0. The van der Waals surface area contributed by atoms with Crippen molar-refractivity contribution in [1.82, 2.24) is 0 Å². The van der Waals surface area contributed by atoms with E-state index in [1.165, 1.54) is 22.3 Å². The van der Waals surface area contributed by atoms with Gasteiger partial charge >= 0.3 is 0 Å². The maximum Gasteiger partial charge on any atom is 0.122 e. The van der Waals surface area contributed by atoms with Crippen LogP contribution < -0.4 is 4.74 Å². The fourth-order valence-electron chi connectivity index (χ4n) is 2.67. The van der Waals surface area contributed by atoms with E-state index in [-0.39, 0.29) is 0 Å². The molecule has 0 bridgehead atoms. The van der Waals surface area contributed by atoms with E-state index in [0.29, 0.717) is 12.2 Å². The molecule has 1 heterocycles. The Morgan fingerprint density at radius 3 is 2.47 bits per heavy atom. The quantitative estimate of drug-likeness (QED) is 0.719. The highest BCUT2D eigenvalue weighted by Crippen LogP contribution is 2.31. The van der Waals surface area contributed by atoms with Crippen LogP contribution in [0, 0.1) is 20.8 Å². The van der Waals surface area contributed by atoms with Crippen LogP contribution in [-0.4, -0.2) is 18.8 Å². The number of benzene rings is 1. The molecule has 1 aromatic rings. The monoisotopic (exact) mass is 262 g/mol. The number of ether oxygens (including phenoxy) is 2. The summed E-state index contributed by atoms with van der Waals surface area (Å²) in [5.74, 6) is 1.05. The van der Waals surface area contributed by atoms with Gasteiger partial charge in [-0.3, -0.25) is 0 Å². The number of rotatable bonds is 6. The molecule has 1 aliphatic heterocycles. The van der Waals surface area contributed by atoms with E-state index in [4.69, 9.17) is 9.47 Å². The van der Waals surface area contributed by atoms with Crippen LogP contribution in [0.4, 0.5) is 0 Å². The predicted molar refractivity (Wildman–Crippen MR) is 79.1 cm³/mol. The third kappa shape index (κ3) is 3.30. The lowest BCUT2D eigenvalue weighted by Gasteiger charge is -2.17. The van der Waals surface area contributed by atoms with Crippen LogP contribution in [0.3, 0.4) is 0 Å². The second-order valence-electron chi connectivity index (χ2n) is 5.69. The van der Waals surface area contributed by atoms with Gasteiger partial charge in [-0.15, -0.1) is 0 Å². The SMILES string of the molecule is CCCOc1cc(C)c(CCC2OC2C)c(C)c1C. The van der Waals surface area contributed by atoms with Crippen LogP contribution in [0.25, 0.3) is 0 Å². The van der Waals surface area contributed by atoms with Crippen molar-refractivity contribution in [1.29, 1.82) is 0 Å². The molecule has 1 aromatic carbocycles. The molecule has 0 spiro atoms. The van der Waals surface area contributed by atoms with Crippen molar-refractivity contribution in [2.45, 2.75) is 66.1 Å². The maximum atomic E-state index is 5.83. The van der Waals surface area contributed by atoms with E-state index >= 15 is 0 Å². The largest absolute Gasteiger partial charge is 0.493 e. The van der Waals surface area contributed by atoms with Gasteiger partial charge in [0.05, 0.1) is 18.8 Å². The molecular formula is C17H26O2. The van der Waals surface area contributed by atoms with E-state index in [2.05, 4.69) is 40.7 Å². The van der Waals surface area contributed by atoms with Gasteiger partial charge < -0.3 is 9.47 Å². The lowest BCUT2D eigenvalue weighted by atomic mass is 9.93. The summed E-state index contributed by atoms with van der Waals surface area (Å²) in [6, 6.07) is 2.20. The summed E-state index contributed by atoms with van der Waals surface area (Å²) in [6.07, 6.45) is 4.25. The van der Waals surface area contributed by atoms with E-state index in [0.717, 1.165) is 31.6 Å². The fraction of sp³-hybridized carbons (Fsp3) is 0.647. The summed E-state index contributed by atoms with van der Waals surface area (Å²) in [4.78, 5) is 0. The van der Waals surface area contributed by atoms with Gasteiger partial charge in [0, 0.05) is 0 Å². The smallest absolute Gasteiger partial charge is 0.122 e. The van der Waals surface area contributed by atoms with Crippen molar-refractivity contribution in [3.63, 3.8) is 0 Å². The number of aryl methyl sites for hydroxylation is 1. The minimum absolute atomic E-state index is 0.467. The molecule has 106 valence electrons. The van der Waals surface area contributed by atoms with Crippen molar-refractivity contribution < 1.29 is 9.47 Å². The van der Waals surface area contributed by atoms with Crippen LogP contribution >= 0.6 is 0 Å². The van der Waals surface area contributed by atoms with Gasteiger partial charge in [0.15, 0.2) is 0 Å². The third-order valence-electron chi connectivity index (χ3n) is 4.19. The van der Waals surface area contributed by atoms with Gasteiger partial charge in [0.25, 0.3) is 0 Å². The molecule has 19 heavy (non-hydrogen) atoms. The third-order valence-corrected chi connectivity index (χ3v) is 4.19. The normalized spacial score (nSPS) is 21.5. The van der Waals surface area contributed by atoms with Crippen molar-refractivity contribution in [2.75, 3.05) is 6.61 Å². The first-order valence-electron chi connectivity index (χ1n) is 7.42. The average molecular weight is 262 g/mol. The summed E-state index contributed by atoms with van der Waals surface area (Å²) in [7, 11) is 0. The summed E-state index contributed by atoms with van der Waals surface area (Å²) >= 11 is 0. The lowest BCUT2D eigenvalue weighted by molar-refractivity contribution is 0.314. The molecule has 2 unspecified atom stereocenters. The molecule has 2 heteroatoms. The summed E-state index contributed by atoms with van der Waals surface area (Å²) in [5, 5.41) is 0. The zero-order valence-electron chi connectivity index (χ0n) is 12.9. The maximum absolute atomic E-state index is 5.83. The second-order valence-corrected chi connectivity index (χ2v) is 5.69. The lowest BCUT2D eigenvalue weighted by Crippen LogP contribution is -2.04. The van der Waals surface area contributed by atoms with Crippen LogP contribution in [0.15, 0.2) is 6.07 Å². The zero-order chi connectivity index (χ0) is 14.0. The molecular weight excluding hydrogens is 236 g/mol. The Morgan fingerprint density at radius 2 is 1.89 bits per heavy atom. The molecule has 2 rings (SSSR count). The Morgan fingerprint density at radius 1 is 1.21 bits per heavy atom. The molecule has 1 fully saturated rings. The molecule has 0 saturated carbocycles. The molecule has 1 saturated heterocycles. The second kappa shape index (κ2) is 5.96. The highest BCUT2D eigenvalue weighted by Gasteiger charge is 2.33. The molecule has 0 aromatic heterocycles. The highest BCUT2D eigenvalue weighted by atomic mass is 16.6. The Balaban J connectivity index is 2.12. The fourth-order valence-corrected chi connectivity index (χ4v) is 2.67. The van der Waals surface area contributed by atoms with Crippen LogP contribution in [0.5, 0.6) is 5.75 Å². The van der Waals surface area contributed by atoms with Gasteiger partial charge in [-0.1, -0.05) is 6.92 Å². The molecule has 0 N–H and O–H groups in total. The first-order valence-corrected chi connectivity index (χ1v) is 7.42. The van der Waals surface area contributed by atoms with Crippen molar-refractivity contribution in [3.8, 4) is 5.75 Å². The topological polar surface area (TPSA) is 21.8 Å². The zero-order valence-corrected chi connectivity index (χ0v) is 12.9. The van der Waals surface area contributed by atoms with Crippen molar-refractivity contribution in [2.24, 2.45) is 0 Å². The van der Waals surface area contributed by atoms with Crippen LogP contribution in [-0.2, 0) is 11.2 Å². The first kappa shape index (κ1) is 14.4.